The lowest BCUT2D eigenvalue weighted by molar-refractivity contribution is -0.133. The molecule has 0 radical (unpaired) electrons. The van der Waals surface area contributed by atoms with Crippen LogP contribution in [-0.2, 0) is 14.4 Å². The Morgan fingerprint density at radius 1 is 0.958 bits per heavy atom. The molecule has 1 amide bonds. The van der Waals surface area contributed by atoms with E-state index in [-0.39, 0.29) is 17.1 Å². The lowest BCUT2D eigenvalue weighted by atomic mass is 9.80. The van der Waals surface area contributed by atoms with Gasteiger partial charge in [0.25, 0.3) is 0 Å². The second kappa shape index (κ2) is 6.57. The van der Waals surface area contributed by atoms with Gasteiger partial charge in [0.15, 0.2) is 0 Å². The number of carboxylic acid groups (broad SMARTS) is 2. The summed E-state index contributed by atoms with van der Waals surface area (Å²) in [5.41, 5.74) is 1.87. The Morgan fingerprint density at radius 3 is 1.79 bits per heavy atom. The third-order valence-electron chi connectivity index (χ3n) is 3.79. The summed E-state index contributed by atoms with van der Waals surface area (Å²) in [7, 11) is 0. The average Bonchev–Trinajstić information content (AvgIpc) is 2.45. The third-order valence-corrected chi connectivity index (χ3v) is 3.79. The molecule has 0 saturated carbocycles. The zero-order chi connectivity index (χ0) is 18.0. The summed E-state index contributed by atoms with van der Waals surface area (Å²) in [6, 6.07) is 6.46. The molecular weight excluding hydrogens is 312 g/mol. The topological polar surface area (TPSA) is 116 Å². The number of hydrogen-bond acceptors (Lipinski definition) is 4. The number of nitrogens with one attached hydrogen (secondary N) is 2. The largest absolute Gasteiger partial charge is 0.478 e. The molecule has 0 aliphatic carbocycles. The molecule has 0 unspecified atom stereocenters. The van der Waals surface area contributed by atoms with Crippen molar-refractivity contribution in [3.05, 3.63) is 52.4 Å². The zero-order valence-electron chi connectivity index (χ0n) is 13.5. The Hall–Kier alpha value is -3.09. The van der Waals surface area contributed by atoms with Gasteiger partial charge in [0.2, 0.25) is 5.91 Å². The highest BCUT2D eigenvalue weighted by molar-refractivity contribution is 5.98. The van der Waals surface area contributed by atoms with E-state index in [4.69, 9.17) is 0 Å². The van der Waals surface area contributed by atoms with Gasteiger partial charge in [0.05, 0.1) is 17.1 Å². The van der Waals surface area contributed by atoms with Gasteiger partial charge in [-0.15, -0.1) is 0 Å². The Balaban J connectivity index is 2.55. The molecular formula is C17H18N2O5. The van der Waals surface area contributed by atoms with Crippen molar-refractivity contribution >= 4 is 23.5 Å². The van der Waals surface area contributed by atoms with Crippen molar-refractivity contribution in [3.63, 3.8) is 0 Å². The van der Waals surface area contributed by atoms with E-state index in [9.17, 15) is 24.6 Å². The van der Waals surface area contributed by atoms with Crippen molar-refractivity contribution in [1.82, 2.24) is 5.32 Å². The van der Waals surface area contributed by atoms with Gasteiger partial charge in [-0.05, 0) is 31.5 Å². The molecule has 0 aromatic heterocycles. The number of anilines is 1. The molecule has 0 saturated heterocycles. The van der Waals surface area contributed by atoms with E-state index in [2.05, 4.69) is 10.6 Å². The molecule has 1 aliphatic heterocycles. The molecule has 0 atom stereocenters. The van der Waals surface area contributed by atoms with Crippen molar-refractivity contribution in [2.24, 2.45) is 0 Å². The molecule has 24 heavy (non-hydrogen) atoms. The summed E-state index contributed by atoms with van der Waals surface area (Å²) in [5.74, 6) is -3.48. The summed E-state index contributed by atoms with van der Waals surface area (Å²) < 4.78 is 0. The van der Waals surface area contributed by atoms with Crippen LogP contribution in [0.25, 0.3) is 0 Å². The summed E-state index contributed by atoms with van der Waals surface area (Å²) >= 11 is 0. The van der Waals surface area contributed by atoms with Crippen LogP contribution in [0.15, 0.2) is 46.8 Å². The molecule has 0 bridgehead atoms. The first-order valence-corrected chi connectivity index (χ1v) is 7.25. The minimum absolute atomic E-state index is 0.00900. The maximum Gasteiger partial charge on any atom is 0.334 e. The molecule has 1 aromatic carbocycles. The number of carboxylic acids is 2. The quantitative estimate of drug-likeness (QED) is 0.671. The van der Waals surface area contributed by atoms with Crippen LogP contribution in [-0.4, -0.2) is 28.1 Å². The molecule has 1 aliphatic rings. The smallest absolute Gasteiger partial charge is 0.334 e. The summed E-state index contributed by atoms with van der Waals surface area (Å²) in [6.07, 6.45) is 0. The van der Waals surface area contributed by atoms with Crippen LogP contribution >= 0.6 is 0 Å². The average molecular weight is 330 g/mol. The summed E-state index contributed by atoms with van der Waals surface area (Å²) in [6.45, 7) is 4.58. The third kappa shape index (κ3) is 3.29. The normalized spacial score (nSPS) is 15.1. The van der Waals surface area contributed by atoms with Gasteiger partial charge in [-0.2, -0.15) is 0 Å². The van der Waals surface area contributed by atoms with Crippen molar-refractivity contribution < 1.29 is 24.6 Å². The zero-order valence-corrected chi connectivity index (χ0v) is 13.5. The van der Waals surface area contributed by atoms with Gasteiger partial charge in [-0.25, -0.2) is 9.59 Å². The Labute approximate surface area is 138 Å². The van der Waals surface area contributed by atoms with E-state index in [1.165, 1.54) is 6.92 Å². The predicted molar refractivity (Wildman–Crippen MR) is 87.3 cm³/mol. The van der Waals surface area contributed by atoms with Crippen LogP contribution < -0.4 is 10.6 Å². The highest BCUT2D eigenvalue weighted by Gasteiger charge is 2.36. The standard InChI is InChI=1S/C17H18N2O5/c1-8-13(16(21)22)15(14(17(23)24)9(2)18-8)11-4-6-12(7-5-11)19-10(3)20/h4-7,15,18H,1-3H3,(H,19,20)(H,21,22)(H,23,24). The first-order valence-electron chi connectivity index (χ1n) is 7.25. The highest BCUT2D eigenvalue weighted by Crippen LogP contribution is 2.38. The fraction of sp³-hybridized carbons (Fsp3) is 0.235. The number of carbonyl (C=O) groups excluding carboxylic acids is 1. The Morgan fingerprint density at radius 2 is 1.42 bits per heavy atom. The highest BCUT2D eigenvalue weighted by atomic mass is 16.4. The monoisotopic (exact) mass is 330 g/mol. The van der Waals surface area contributed by atoms with Gasteiger partial charge < -0.3 is 20.8 Å². The fourth-order valence-corrected chi connectivity index (χ4v) is 2.86. The summed E-state index contributed by atoms with van der Waals surface area (Å²) in [5, 5.41) is 24.5. The van der Waals surface area contributed by atoms with Crippen molar-refractivity contribution in [1.29, 1.82) is 0 Å². The number of amides is 1. The maximum absolute atomic E-state index is 11.7. The van der Waals surface area contributed by atoms with Crippen molar-refractivity contribution in [3.8, 4) is 0 Å². The van der Waals surface area contributed by atoms with Gasteiger partial charge in [-0.3, -0.25) is 4.79 Å². The lowest BCUT2D eigenvalue weighted by Gasteiger charge is -2.28. The lowest BCUT2D eigenvalue weighted by Crippen LogP contribution is -2.31. The predicted octanol–water partition coefficient (Wildman–Crippen LogP) is 2.05. The molecule has 7 nitrogen and oxygen atoms in total. The van der Waals surface area contributed by atoms with Crippen LogP contribution in [0.2, 0.25) is 0 Å². The van der Waals surface area contributed by atoms with Crippen LogP contribution in [0.3, 0.4) is 0 Å². The minimum Gasteiger partial charge on any atom is -0.478 e. The number of benzene rings is 1. The second-order valence-electron chi connectivity index (χ2n) is 5.55. The molecule has 7 heteroatoms. The molecule has 1 aromatic rings. The van der Waals surface area contributed by atoms with Gasteiger partial charge in [-0.1, -0.05) is 12.1 Å². The van der Waals surface area contributed by atoms with Crippen LogP contribution in [0.4, 0.5) is 5.69 Å². The molecule has 2 rings (SSSR count). The number of rotatable bonds is 4. The molecule has 126 valence electrons. The first kappa shape index (κ1) is 17.3. The van der Waals surface area contributed by atoms with E-state index >= 15 is 0 Å². The minimum atomic E-state index is -1.18. The van der Waals surface area contributed by atoms with Gasteiger partial charge >= 0.3 is 11.9 Å². The van der Waals surface area contributed by atoms with Gasteiger partial charge in [0.1, 0.15) is 0 Å². The van der Waals surface area contributed by atoms with E-state index in [1.807, 2.05) is 0 Å². The van der Waals surface area contributed by atoms with Crippen LogP contribution in [0.1, 0.15) is 32.3 Å². The molecule has 1 heterocycles. The number of aliphatic carboxylic acids is 2. The molecule has 4 N–H and O–H groups in total. The van der Waals surface area contributed by atoms with Crippen molar-refractivity contribution in [2.75, 3.05) is 5.32 Å². The number of allylic oxidation sites excluding steroid dienone is 2. The van der Waals surface area contributed by atoms with E-state index in [0.717, 1.165) is 0 Å². The SMILES string of the molecule is CC(=O)Nc1ccc(C2C(C(=O)O)=C(C)NC(C)=C2C(=O)O)cc1. The van der Waals surface area contributed by atoms with Crippen LogP contribution in [0.5, 0.6) is 0 Å². The van der Waals surface area contributed by atoms with E-state index < -0.39 is 17.9 Å². The molecule has 0 spiro atoms. The Kier molecular flexibility index (Phi) is 4.73. The second-order valence-corrected chi connectivity index (χ2v) is 5.55. The summed E-state index contributed by atoms with van der Waals surface area (Å²) in [4.78, 5) is 34.4. The number of hydrogen-bond donors (Lipinski definition) is 4. The first-order chi connectivity index (χ1) is 11.2. The molecule has 0 fully saturated rings. The Bertz CT molecular complexity index is 739. The maximum atomic E-state index is 11.7. The van der Waals surface area contributed by atoms with E-state index in [0.29, 0.717) is 22.6 Å². The van der Waals surface area contributed by atoms with Gasteiger partial charge in [0, 0.05) is 24.0 Å². The van der Waals surface area contributed by atoms with Crippen molar-refractivity contribution in [2.45, 2.75) is 26.7 Å². The van der Waals surface area contributed by atoms with Crippen LogP contribution in [0, 0.1) is 0 Å². The fourth-order valence-electron chi connectivity index (χ4n) is 2.86. The number of carbonyl (C=O) groups is 3. The van der Waals surface area contributed by atoms with E-state index in [1.54, 1.807) is 38.1 Å². The number of dihydropyridines is 1.